The molecule has 1 aliphatic rings. The summed E-state index contributed by atoms with van der Waals surface area (Å²) >= 11 is 2.42. The molecule has 9 aromatic carbocycles. The number of halogens is 3. The molecule has 0 heterocycles. The van der Waals surface area contributed by atoms with E-state index in [9.17, 15) is 0 Å². The molecule has 0 fully saturated rings. The molecule has 0 atom stereocenters. The fraction of sp³-hybridized carbons (Fsp3) is 0.0645. The zero-order valence-corrected chi connectivity index (χ0v) is 42.2. The van der Waals surface area contributed by atoms with Crippen molar-refractivity contribution < 1.29 is 57.7 Å². The van der Waals surface area contributed by atoms with Crippen LogP contribution in [0.5, 0.6) is 0 Å². The van der Waals surface area contributed by atoms with E-state index in [-0.39, 0.29) is 37.2 Å². The summed E-state index contributed by atoms with van der Waals surface area (Å²) in [6.45, 7) is 2.34. The summed E-state index contributed by atoms with van der Waals surface area (Å²) in [4.78, 5) is 0. The molecule has 9 aromatic rings. The molecule has 0 nitrogen and oxygen atoms in total. The first-order chi connectivity index (χ1) is 31.6. The van der Waals surface area contributed by atoms with E-state index < -0.39 is 8.07 Å². The van der Waals surface area contributed by atoms with Gasteiger partial charge in [-0.3, -0.25) is 0 Å². The van der Waals surface area contributed by atoms with E-state index >= 15 is 0 Å². The van der Waals surface area contributed by atoms with Gasteiger partial charge in [-0.1, -0.05) is 0 Å². The molecule has 5 heteroatoms. The van der Waals surface area contributed by atoms with E-state index in [0.29, 0.717) is 0 Å². The summed E-state index contributed by atoms with van der Waals surface area (Å²) in [5.74, 6) is 0. The Kier molecular flexibility index (Phi) is 16.4. The summed E-state index contributed by atoms with van der Waals surface area (Å²) in [6.07, 6.45) is 5.62. The monoisotopic (exact) mass is 974 g/mol. The van der Waals surface area contributed by atoms with Gasteiger partial charge in [0.25, 0.3) is 0 Å². The van der Waals surface area contributed by atoms with Crippen LogP contribution in [0.25, 0.3) is 66.8 Å². The molecule has 0 radical (unpaired) electrons. The maximum absolute atomic E-state index is 3.33. The van der Waals surface area contributed by atoms with Gasteiger partial charge in [0, 0.05) is 0 Å². The van der Waals surface area contributed by atoms with Crippen molar-refractivity contribution in [2.45, 2.75) is 26.2 Å². The van der Waals surface area contributed by atoms with Crippen LogP contribution in [0, 0.1) is 0 Å². The van der Waals surface area contributed by atoms with Gasteiger partial charge in [0.1, 0.15) is 0 Å². The van der Waals surface area contributed by atoms with Crippen molar-refractivity contribution in [3.63, 3.8) is 0 Å². The number of hydrogen-bond donors (Lipinski definition) is 0. The van der Waals surface area contributed by atoms with Crippen molar-refractivity contribution in [3.05, 3.63) is 257 Å². The Hall–Kier alpha value is -5.74. The minimum atomic E-state index is -3.33. The predicted octanol–water partition coefficient (Wildman–Crippen LogP) is 5.64. The van der Waals surface area contributed by atoms with Crippen molar-refractivity contribution in [1.82, 2.24) is 0 Å². The Balaban J connectivity index is 0.00000222. The van der Waals surface area contributed by atoms with Crippen molar-refractivity contribution in [1.29, 1.82) is 0 Å². The molecular weight excluding hydrogens is 927 g/mol. The van der Waals surface area contributed by atoms with Crippen LogP contribution >= 0.6 is 0 Å². The van der Waals surface area contributed by atoms with Crippen LogP contribution in [-0.4, -0.2) is 8.07 Å². The fourth-order valence-corrected chi connectivity index (χ4v) is 16.5. The largest absolute Gasteiger partial charge is 1.00 e. The number of allylic oxidation sites excluding steroid dienone is 4. The molecule has 0 spiro atoms. The molecule has 326 valence electrons. The fourth-order valence-electron chi connectivity index (χ4n) is 9.84. The Labute approximate surface area is 428 Å². The topological polar surface area (TPSA) is 0 Å². The molecule has 0 saturated heterocycles. The van der Waals surface area contributed by atoms with Gasteiger partial charge in [-0.15, -0.1) is 0 Å². The van der Waals surface area contributed by atoms with Crippen LogP contribution in [0.2, 0.25) is 0 Å². The van der Waals surface area contributed by atoms with Gasteiger partial charge in [0.2, 0.25) is 0 Å². The molecule has 0 bridgehead atoms. The average molecular weight is 976 g/mol. The molecule has 0 aromatic heterocycles. The third kappa shape index (κ3) is 10.1. The Morgan fingerprint density at radius 3 is 0.806 bits per heavy atom. The standard InChI is InChI=1S/C62H49Si.3ClH.Ti/c1-2-22-52-35-21-36-62(52)63(59-40-53(46-23-9-3-10-24-46)37-54(41-59)47-25-11-4-12-26-47,60-42-55(48-27-13-5-14-28-48)38-56(43-60)49-29-15-6-16-30-49)61-44-57(50-31-17-7-18-32-50)39-58(45-61)51-33-19-8-20-34-51;;;;/h3-20,23-35,37-45H,2,21-22H2,1H3;3*1H;/q;;;;+3/p-3. The normalized spacial score (nSPS) is 12.1. The summed E-state index contributed by atoms with van der Waals surface area (Å²) in [7, 11) is -3.33. The molecule has 67 heavy (non-hydrogen) atoms. The van der Waals surface area contributed by atoms with Crippen molar-refractivity contribution in [3.8, 4) is 66.8 Å². The van der Waals surface area contributed by atoms with Crippen molar-refractivity contribution in [2.75, 3.05) is 0 Å². The van der Waals surface area contributed by atoms with Gasteiger partial charge < -0.3 is 37.2 Å². The molecule has 0 amide bonds. The minimum absolute atomic E-state index is 0. The maximum Gasteiger partial charge on any atom is -1.00 e. The van der Waals surface area contributed by atoms with Crippen molar-refractivity contribution in [2.24, 2.45) is 0 Å². The summed E-state index contributed by atoms with van der Waals surface area (Å²) < 4.78 is 1.47. The Morgan fingerprint density at radius 2 is 0.582 bits per heavy atom. The molecule has 10 rings (SSSR count). The van der Waals surface area contributed by atoms with E-state index in [1.807, 2.05) is 0 Å². The van der Waals surface area contributed by atoms with Gasteiger partial charge in [0.15, 0.2) is 0 Å². The number of benzene rings is 9. The van der Waals surface area contributed by atoms with Crippen LogP contribution < -0.4 is 52.8 Å². The van der Waals surface area contributed by atoms with E-state index in [1.54, 1.807) is 5.20 Å². The van der Waals surface area contributed by atoms with Crippen LogP contribution in [0.4, 0.5) is 0 Å². The van der Waals surface area contributed by atoms with Gasteiger partial charge in [-0.05, 0) is 0 Å². The SMILES string of the molecule is CCCC1=CC[C]([Ti+3])=C1[Si](c1cc(-c2ccccc2)cc(-c2ccccc2)c1)(c1cc(-c2ccccc2)cc(-c2ccccc2)c1)c1cc(-c2ccccc2)cc(-c2ccccc2)c1.[Cl-].[Cl-].[Cl-]. The van der Waals surface area contributed by atoms with Gasteiger partial charge in [0.05, 0.1) is 0 Å². The number of rotatable bonds is 12. The molecule has 1 aliphatic carbocycles. The Morgan fingerprint density at radius 1 is 0.343 bits per heavy atom. The zero-order valence-electron chi connectivity index (χ0n) is 37.3. The second kappa shape index (κ2) is 22.4. The average Bonchev–Trinajstić information content (AvgIpc) is 3.74. The van der Waals surface area contributed by atoms with Crippen LogP contribution in [0.3, 0.4) is 0 Å². The summed E-state index contributed by atoms with van der Waals surface area (Å²) in [5, 5.41) is 5.71. The van der Waals surface area contributed by atoms with E-state index in [1.165, 1.54) is 91.8 Å². The quantitative estimate of drug-likeness (QED) is 0.110. The van der Waals surface area contributed by atoms with Crippen LogP contribution in [0.15, 0.2) is 257 Å². The van der Waals surface area contributed by atoms with E-state index in [2.05, 4.69) is 270 Å². The molecule has 0 saturated carbocycles. The zero-order chi connectivity index (χ0) is 43.3. The second-order valence-electron chi connectivity index (χ2n) is 16.9. The third-order valence-electron chi connectivity index (χ3n) is 12.8. The molecular formula is C62H49Cl3SiTi. The summed E-state index contributed by atoms with van der Waals surface area (Å²) in [6, 6.07) is 88.7. The van der Waals surface area contributed by atoms with Crippen LogP contribution in [0.1, 0.15) is 26.2 Å². The van der Waals surface area contributed by atoms with E-state index in [4.69, 9.17) is 0 Å². The van der Waals surface area contributed by atoms with Gasteiger partial charge >= 0.3 is 394 Å². The minimum Gasteiger partial charge on any atom is -1.00 e. The van der Waals surface area contributed by atoms with E-state index in [0.717, 1.165) is 19.3 Å². The predicted molar refractivity (Wildman–Crippen MR) is 271 cm³/mol. The van der Waals surface area contributed by atoms with Gasteiger partial charge in [-0.25, -0.2) is 0 Å². The Bertz CT molecular complexity index is 2640. The van der Waals surface area contributed by atoms with Crippen LogP contribution in [-0.2, 0) is 20.4 Å². The first-order valence-corrected chi connectivity index (χ1v) is 25.3. The molecule has 0 unspecified atom stereocenters. The first-order valence-electron chi connectivity index (χ1n) is 22.5. The first kappa shape index (κ1) is 49.2. The smallest absolute Gasteiger partial charge is 1.00 e. The third-order valence-corrected chi connectivity index (χ3v) is 18.7. The molecule has 0 N–H and O–H groups in total. The maximum atomic E-state index is 2.57. The van der Waals surface area contributed by atoms with Gasteiger partial charge in [-0.2, -0.15) is 0 Å². The summed E-state index contributed by atoms with van der Waals surface area (Å²) in [5.41, 5.74) is 16.2. The number of hydrogen-bond acceptors (Lipinski definition) is 0. The molecule has 0 aliphatic heterocycles. The second-order valence-corrected chi connectivity index (χ2v) is 21.6. The van der Waals surface area contributed by atoms with Crippen molar-refractivity contribution >= 4 is 23.6 Å².